The molecule has 0 aliphatic carbocycles. The van der Waals surface area contributed by atoms with E-state index in [1.54, 1.807) is 18.2 Å². The Labute approximate surface area is 169 Å². The number of hydrogen-bond donors (Lipinski definition) is 0. The van der Waals surface area contributed by atoms with Crippen molar-refractivity contribution in [3.63, 3.8) is 0 Å². The van der Waals surface area contributed by atoms with Gasteiger partial charge in [0.2, 0.25) is 5.91 Å². The highest BCUT2D eigenvalue weighted by Gasteiger charge is 2.43. The Morgan fingerprint density at radius 1 is 1.07 bits per heavy atom. The number of rotatable bonds is 2. The minimum Gasteiger partial charge on any atom is -0.456 e. The zero-order chi connectivity index (χ0) is 19.3. The molecule has 2 aliphatic rings. The lowest BCUT2D eigenvalue weighted by atomic mass is 9.84. The van der Waals surface area contributed by atoms with Gasteiger partial charge in [0, 0.05) is 12.3 Å². The van der Waals surface area contributed by atoms with E-state index in [1.165, 1.54) is 23.1 Å². The molecule has 0 fully saturated rings. The summed E-state index contributed by atoms with van der Waals surface area (Å²) in [6.45, 7) is -0.0659. The average molecular weight is 427 g/mol. The van der Waals surface area contributed by atoms with E-state index in [4.69, 9.17) is 39.5 Å². The molecule has 0 aromatic heterocycles. The molecule has 2 aliphatic heterocycles. The number of halogens is 4. The van der Waals surface area contributed by atoms with Gasteiger partial charge in [-0.1, -0.05) is 46.9 Å². The molecule has 0 saturated carbocycles. The molecule has 27 heavy (non-hydrogen) atoms. The first kappa shape index (κ1) is 18.3. The summed E-state index contributed by atoms with van der Waals surface area (Å²) in [5.41, 5.74) is 1.70. The summed E-state index contributed by atoms with van der Waals surface area (Å²) >= 11 is 18.3. The third-order valence-electron chi connectivity index (χ3n) is 4.64. The fourth-order valence-corrected chi connectivity index (χ4v) is 4.05. The van der Waals surface area contributed by atoms with Crippen LogP contribution in [0.3, 0.4) is 0 Å². The van der Waals surface area contributed by atoms with Crippen molar-refractivity contribution < 1.29 is 18.7 Å². The monoisotopic (exact) mass is 425 g/mol. The molecule has 2 aromatic carbocycles. The van der Waals surface area contributed by atoms with E-state index in [0.717, 1.165) is 0 Å². The number of ether oxygens (including phenoxy) is 1. The number of benzene rings is 2. The van der Waals surface area contributed by atoms with Crippen molar-refractivity contribution in [1.82, 2.24) is 0 Å². The van der Waals surface area contributed by atoms with Crippen molar-refractivity contribution in [3.8, 4) is 0 Å². The van der Waals surface area contributed by atoms with Gasteiger partial charge in [-0.15, -0.1) is 0 Å². The van der Waals surface area contributed by atoms with E-state index in [9.17, 15) is 14.0 Å². The van der Waals surface area contributed by atoms with Crippen molar-refractivity contribution in [2.45, 2.75) is 12.3 Å². The Morgan fingerprint density at radius 3 is 2.59 bits per heavy atom. The maximum Gasteiger partial charge on any atom is 0.336 e. The highest BCUT2D eigenvalue weighted by atomic mass is 35.5. The molecule has 138 valence electrons. The normalized spacial score (nSPS) is 19.4. The number of hydrogen-bond acceptors (Lipinski definition) is 3. The highest BCUT2D eigenvalue weighted by molar-refractivity contribution is 6.42. The van der Waals surface area contributed by atoms with Crippen LogP contribution in [-0.4, -0.2) is 18.5 Å². The fourth-order valence-electron chi connectivity index (χ4n) is 3.43. The summed E-state index contributed by atoms with van der Waals surface area (Å²) < 4.78 is 18.7. The lowest BCUT2D eigenvalue weighted by Crippen LogP contribution is -2.37. The average Bonchev–Trinajstić information content (AvgIpc) is 3.01. The maximum absolute atomic E-state index is 13.5. The Bertz CT molecular complexity index is 1020. The van der Waals surface area contributed by atoms with Crippen molar-refractivity contribution in [3.05, 3.63) is 74.1 Å². The second kappa shape index (κ2) is 6.82. The first-order valence-corrected chi connectivity index (χ1v) is 9.14. The van der Waals surface area contributed by atoms with Crippen LogP contribution in [0.5, 0.6) is 0 Å². The van der Waals surface area contributed by atoms with E-state index in [2.05, 4.69) is 0 Å². The first-order chi connectivity index (χ1) is 12.9. The van der Waals surface area contributed by atoms with Crippen LogP contribution in [0.4, 0.5) is 10.1 Å². The predicted octanol–water partition coefficient (Wildman–Crippen LogP) is 5.12. The van der Waals surface area contributed by atoms with Crippen molar-refractivity contribution in [2.24, 2.45) is 0 Å². The minimum atomic E-state index is -0.596. The van der Waals surface area contributed by atoms with Crippen LogP contribution in [0.25, 0.3) is 0 Å². The molecular weight excluding hydrogens is 416 g/mol. The van der Waals surface area contributed by atoms with E-state index in [1.807, 2.05) is 0 Å². The van der Waals surface area contributed by atoms with E-state index in [-0.39, 0.29) is 24.0 Å². The Kier molecular flexibility index (Phi) is 4.62. The molecule has 0 N–H and O–H groups in total. The third kappa shape index (κ3) is 3.00. The second-order valence-electron chi connectivity index (χ2n) is 6.16. The van der Waals surface area contributed by atoms with Crippen LogP contribution in [0.15, 0.2) is 47.7 Å². The zero-order valence-corrected chi connectivity index (χ0v) is 15.9. The van der Waals surface area contributed by atoms with E-state index in [0.29, 0.717) is 32.6 Å². The summed E-state index contributed by atoms with van der Waals surface area (Å²) in [7, 11) is 0. The van der Waals surface area contributed by atoms with Gasteiger partial charge in [0.25, 0.3) is 0 Å². The number of esters is 1. The van der Waals surface area contributed by atoms with Gasteiger partial charge in [-0.2, -0.15) is 0 Å². The molecule has 8 heteroatoms. The van der Waals surface area contributed by atoms with Gasteiger partial charge >= 0.3 is 5.97 Å². The zero-order valence-electron chi connectivity index (χ0n) is 13.6. The van der Waals surface area contributed by atoms with Crippen LogP contribution in [0.2, 0.25) is 15.1 Å². The quantitative estimate of drug-likeness (QED) is 0.626. The Morgan fingerprint density at radius 2 is 1.85 bits per heavy atom. The Balaban J connectivity index is 1.86. The number of cyclic esters (lactones) is 1. The van der Waals surface area contributed by atoms with Gasteiger partial charge in [-0.05, 0) is 29.8 Å². The van der Waals surface area contributed by atoms with Gasteiger partial charge in [-0.25, -0.2) is 9.18 Å². The number of nitrogens with zero attached hydrogens (tertiary/aromatic N) is 1. The maximum atomic E-state index is 13.5. The fraction of sp³-hybridized carbons (Fsp3) is 0.158. The van der Waals surface area contributed by atoms with Gasteiger partial charge in [0.1, 0.15) is 12.4 Å². The van der Waals surface area contributed by atoms with Crippen LogP contribution < -0.4 is 4.90 Å². The number of anilines is 1. The van der Waals surface area contributed by atoms with Gasteiger partial charge in [0.05, 0.1) is 32.0 Å². The van der Waals surface area contributed by atoms with Crippen molar-refractivity contribution in [1.29, 1.82) is 0 Å². The highest BCUT2D eigenvalue weighted by Crippen LogP contribution is 2.45. The third-order valence-corrected chi connectivity index (χ3v) is 5.76. The molecule has 0 bridgehead atoms. The molecule has 0 spiro atoms. The molecule has 1 unspecified atom stereocenters. The van der Waals surface area contributed by atoms with Gasteiger partial charge < -0.3 is 4.74 Å². The molecule has 0 radical (unpaired) electrons. The summed E-state index contributed by atoms with van der Waals surface area (Å²) in [6.07, 6.45) is -0.0109. The van der Waals surface area contributed by atoms with Gasteiger partial charge in [0.15, 0.2) is 0 Å². The van der Waals surface area contributed by atoms with Gasteiger partial charge in [-0.3, -0.25) is 9.69 Å². The predicted molar refractivity (Wildman–Crippen MR) is 101 cm³/mol. The van der Waals surface area contributed by atoms with Crippen molar-refractivity contribution >= 4 is 52.4 Å². The smallest absolute Gasteiger partial charge is 0.336 e. The van der Waals surface area contributed by atoms with Crippen LogP contribution >= 0.6 is 34.8 Å². The molecule has 1 amide bonds. The lowest BCUT2D eigenvalue weighted by molar-refractivity contribution is -0.136. The lowest BCUT2D eigenvalue weighted by Gasteiger charge is -2.32. The summed E-state index contributed by atoms with van der Waals surface area (Å²) in [5.74, 6) is -1.96. The number of amides is 1. The standard InChI is InChI=1S/C19H11Cl3FNO3/c20-12-3-1-2-10(18(12)22)11-7-16(25)24(15-8-27-19(26)17(11)15)9-4-5-14(23)13(21)6-9/h1-6,11H,7-8H2. The first-order valence-electron chi connectivity index (χ1n) is 8.00. The van der Waals surface area contributed by atoms with E-state index < -0.39 is 17.7 Å². The largest absolute Gasteiger partial charge is 0.456 e. The molecular formula is C19H11Cl3FNO3. The molecule has 2 heterocycles. The molecule has 4 nitrogen and oxygen atoms in total. The topological polar surface area (TPSA) is 46.6 Å². The number of carbonyl (C=O) groups is 2. The van der Waals surface area contributed by atoms with Crippen molar-refractivity contribution in [2.75, 3.05) is 11.5 Å². The van der Waals surface area contributed by atoms with Crippen LogP contribution in [0.1, 0.15) is 17.9 Å². The Hall–Kier alpha value is -2.08. The molecule has 2 aromatic rings. The summed E-state index contributed by atoms with van der Waals surface area (Å²) in [4.78, 5) is 26.7. The van der Waals surface area contributed by atoms with E-state index >= 15 is 0 Å². The SMILES string of the molecule is O=C1OCC2=C1C(c1cccc(Cl)c1Cl)CC(=O)N2c1ccc(F)c(Cl)c1. The minimum absolute atomic E-state index is 0.0109. The van der Waals surface area contributed by atoms with Crippen LogP contribution in [0, 0.1) is 5.82 Å². The molecule has 0 saturated heterocycles. The summed E-state index contributed by atoms with van der Waals surface area (Å²) in [6, 6.07) is 9.01. The molecule has 1 atom stereocenters. The summed E-state index contributed by atoms with van der Waals surface area (Å²) in [5, 5.41) is 0.511. The molecule has 4 rings (SSSR count). The second-order valence-corrected chi connectivity index (χ2v) is 7.36. The van der Waals surface area contributed by atoms with Crippen LogP contribution in [-0.2, 0) is 14.3 Å². The number of carbonyl (C=O) groups excluding carboxylic acids is 2.